The fraction of sp³-hybridized carbons (Fsp3) is 0.188. The van der Waals surface area contributed by atoms with Crippen LogP contribution in [0.2, 0.25) is 5.02 Å². The largest absolute Gasteiger partial charge is 0.481 e. The molecule has 0 aliphatic rings. The van der Waals surface area contributed by atoms with E-state index in [0.29, 0.717) is 11.4 Å². The van der Waals surface area contributed by atoms with Crippen molar-refractivity contribution in [3.63, 3.8) is 0 Å². The Morgan fingerprint density at radius 3 is 2.71 bits per heavy atom. The standard InChI is InChI=1S/C16H15ClFNO2/c1-10-4-3-5-12(8-10)19-16(20)11(2)21-13-6-7-15(18)14(17)9-13/h3-9,11H,1-2H3,(H,19,20)/t11-/m0/s1. The highest BCUT2D eigenvalue weighted by Gasteiger charge is 2.15. The lowest BCUT2D eigenvalue weighted by Gasteiger charge is -2.15. The van der Waals surface area contributed by atoms with Crippen molar-refractivity contribution in [2.45, 2.75) is 20.0 Å². The number of benzene rings is 2. The number of rotatable bonds is 4. The van der Waals surface area contributed by atoms with Crippen LogP contribution >= 0.6 is 11.6 Å². The van der Waals surface area contributed by atoms with Gasteiger partial charge in [0, 0.05) is 11.8 Å². The maximum absolute atomic E-state index is 13.1. The Bertz CT molecular complexity index is 660. The molecule has 0 aliphatic heterocycles. The Kier molecular flexibility index (Phi) is 4.81. The van der Waals surface area contributed by atoms with Crippen LogP contribution in [0.3, 0.4) is 0 Å². The Morgan fingerprint density at radius 1 is 1.29 bits per heavy atom. The molecular weight excluding hydrogens is 293 g/mol. The van der Waals surface area contributed by atoms with Crippen LogP contribution in [0.1, 0.15) is 12.5 Å². The number of hydrogen-bond acceptors (Lipinski definition) is 2. The summed E-state index contributed by atoms with van der Waals surface area (Å²) in [4.78, 5) is 12.0. The minimum Gasteiger partial charge on any atom is -0.481 e. The predicted octanol–water partition coefficient (Wildman–Crippen LogP) is 4.19. The number of carbonyl (C=O) groups excluding carboxylic acids is 1. The molecule has 0 spiro atoms. The van der Waals surface area contributed by atoms with E-state index >= 15 is 0 Å². The summed E-state index contributed by atoms with van der Waals surface area (Å²) >= 11 is 5.67. The number of carbonyl (C=O) groups is 1. The highest BCUT2D eigenvalue weighted by atomic mass is 35.5. The van der Waals surface area contributed by atoms with Crippen LogP contribution < -0.4 is 10.1 Å². The average Bonchev–Trinajstić information content (AvgIpc) is 2.43. The van der Waals surface area contributed by atoms with Crippen LogP contribution in [-0.2, 0) is 4.79 Å². The van der Waals surface area contributed by atoms with Crippen molar-refractivity contribution in [3.8, 4) is 5.75 Å². The third kappa shape index (κ3) is 4.20. The van der Waals surface area contributed by atoms with E-state index in [1.165, 1.54) is 18.2 Å². The van der Waals surface area contributed by atoms with Gasteiger partial charge in [-0.05, 0) is 43.7 Å². The van der Waals surface area contributed by atoms with Gasteiger partial charge in [0.05, 0.1) is 5.02 Å². The summed E-state index contributed by atoms with van der Waals surface area (Å²) in [6.07, 6.45) is -0.730. The fourth-order valence-electron chi connectivity index (χ4n) is 1.77. The average molecular weight is 308 g/mol. The van der Waals surface area contributed by atoms with E-state index in [1.807, 2.05) is 25.1 Å². The lowest BCUT2D eigenvalue weighted by molar-refractivity contribution is -0.122. The van der Waals surface area contributed by atoms with Crippen LogP contribution in [0.25, 0.3) is 0 Å². The quantitative estimate of drug-likeness (QED) is 0.919. The van der Waals surface area contributed by atoms with Crippen LogP contribution in [0.5, 0.6) is 5.75 Å². The van der Waals surface area contributed by atoms with Gasteiger partial charge >= 0.3 is 0 Å². The first-order valence-corrected chi connectivity index (χ1v) is 6.83. The van der Waals surface area contributed by atoms with Crippen molar-refractivity contribution in [1.82, 2.24) is 0 Å². The molecule has 0 heterocycles. The monoisotopic (exact) mass is 307 g/mol. The van der Waals surface area contributed by atoms with Gasteiger partial charge in [-0.15, -0.1) is 0 Å². The van der Waals surface area contributed by atoms with Crippen molar-refractivity contribution >= 4 is 23.2 Å². The maximum Gasteiger partial charge on any atom is 0.265 e. The summed E-state index contributed by atoms with van der Waals surface area (Å²) in [7, 11) is 0. The second-order valence-corrected chi connectivity index (χ2v) is 5.10. The van der Waals surface area contributed by atoms with Crippen molar-refractivity contribution in [3.05, 3.63) is 58.9 Å². The van der Waals surface area contributed by atoms with Gasteiger partial charge in [0.25, 0.3) is 5.91 Å². The van der Waals surface area contributed by atoms with Gasteiger partial charge in [-0.1, -0.05) is 23.7 Å². The topological polar surface area (TPSA) is 38.3 Å². The highest BCUT2D eigenvalue weighted by molar-refractivity contribution is 6.30. The summed E-state index contributed by atoms with van der Waals surface area (Å²) in [5.41, 5.74) is 1.75. The number of nitrogens with one attached hydrogen (secondary N) is 1. The third-order valence-corrected chi connectivity index (χ3v) is 3.15. The first-order chi connectivity index (χ1) is 9.95. The number of anilines is 1. The molecule has 3 nitrogen and oxygen atoms in total. The van der Waals surface area contributed by atoms with Gasteiger partial charge in [0.1, 0.15) is 11.6 Å². The van der Waals surface area contributed by atoms with Gasteiger partial charge in [-0.3, -0.25) is 4.79 Å². The number of halogens is 2. The van der Waals surface area contributed by atoms with E-state index in [-0.39, 0.29) is 10.9 Å². The third-order valence-electron chi connectivity index (χ3n) is 2.86. The minimum absolute atomic E-state index is 0.0428. The van der Waals surface area contributed by atoms with Gasteiger partial charge in [-0.25, -0.2) is 4.39 Å². The second kappa shape index (κ2) is 6.59. The van der Waals surface area contributed by atoms with Crippen LogP contribution in [-0.4, -0.2) is 12.0 Å². The molecule has 1 amide bonds. The predicted molar refractivity (Wildman–Crippen MR) is 81.3 cm³/mol. The first kappa shape index (κ1) is 15.3. The summed E-state index contributed by atoms with van der Waals surface area (Å²) in [5, 5.41) is 2.71. The lowest BCUT2D eigenvalue weighted by Crippen LogP contribution is -2.30. The van der Waals surface area contributed by atoms with Gasteiger partial charge < -0.3 is 10.1 Å². The Labute approximate surface area is 127 Å². The van der Waals surface area contributed by atoms with E-state index in [0.717, 1.165) is 5.56 Å². The zero-order valence-electron chi connectivity index (χ0n) is 11.7. The normalized spacial score (nSPS) is 11.8. The van der Waals surface area contributed by atoms with E-state index in [2.05, 4.69) is 5.32 Å². The van der Waals surface area contributed by atoms with E-state index in [1.54, 1.807) is 13.0 Å². The van der Waals surface area contributed by atoms with Crippen LogP contribution in [0.15, 0.2) is 42.5 Å². The molecule has 2 aromatic carbocycles. The number of amides is 1. The molecule has 0 unspecified atom stereocenters. The molecular formula is C16H15ClFNO2. The molecule has 0 saturated carbocycles. The zero-order valence-corrected chi connectivity index (χ0v) is 12.4. The molecule has 0 fully saturated rings. The Hall–Kier alpha value is -2.07. The molecule has 21 heavy (non-hydrogen) atoms. The summed E-state index contributed by atoms with van der Waals surface area (Å²) in [6, 6.07) is 11.4. The molecule has 110 valence electrons. The molecule has 0 aromatic heterocycles. The molecule has 1 atom stereocenters. The molecule has 0 saturated heterocycles. The number of hydrogen-bond donors (Lipinski definition) is 1. The molecule has 2 aromatic rings. The molecule has 0 radical (unpaired) electrons. The molecule has 5 heteroatoms. The number of ether oxygens (including phenoxy) is 1. The number of aryl methyl sites for hydroxylation is 1. The van der Waals surface area contributed by atoms with Crippen molar-refractivity contribution in [2.75, 3.05) is 5.32 Å². The minimum atomic E-state index is -0.730. The Balaban J connectivity index is 2.00. The van der Waals surface area contributed by atoms with E-state index in [9.17, 15) is 9.18 Å². The van der Waals surface area contributed by atoms with Gasteiger partial charge in [0.2, 0.25) is 0 Å². The summed E-state index contributed by atoms with van der Waals surface area (Å²) in [6.45, 7) is 3.55. The molecule has 1 N–H and O–H groups in total. The van der Waals surface area contributed by atoms with E-state index in [4.69, 9.17) is 16.3 Å². The SMILES string of the molecule is Cc1cccc(NC(=O)[C@H](C)Oc2ccc(F)c(Cl)c2)c1. The van der Waals surface area contributed by atoms with Gasteiger partial charge in [0.15, 0.2) is 6.10 Å². The second-order valence-electron chi connectivity index (χ2n) is 4.69. The summed E-state index contributed by atoms with van der Waals surface area (Å²) in [5.74, 6) is -0.477. The maximum atomic E-state index is 13.1. The highest BCUT2D eigenvalue weighted by Crippen LogP contribution is 2.22. The van der Waals surface area contributed by atoms with E-state index < -0.39 is 11.9 Å². The van der Waals surface area contributed by atoms with Crippen LogP contribution in [0, 0.1) is 12.7 Å². The zero-order chi connectivity index (χ0) is 15.4. The van der Waals surface area contributed by atoms with Gasteiger partial charge in [-0.2, -0.15) is 0 Å². The molecule has 0 aliphatic carbocycles. The summed E-state index contributed by atoms with van der Waals surface area (Å²) < 4.78 is 18.5. The molecule has 0 bridgehead atoms. The van der Waals surface area contributed by atoms with Crippen LogP contribution in [0.4, 0.5) is 10.1 Å². The smallest absolute Gasteiger partial charge is 0.265 e. The van der Waals surface area contributed by atoms with Crippen molar-refractivity contribution in [2.24, 2.45) is 0 Å². The lowest BCUT2D eigenvalue weighted by atomic mass is 10.2. The fourth-order valence-corrected chi connectivity index (χ4v) is 1.95. The van der Waals surface area contributed by atoms with Crippen molar-refractivity contribution in [1.29, 1.82) is 0 Å². The molecule has 2 rings (SSSR count). The first-order valence-electron chi connectivity index (χ1n) is 6.45. The Morgan fingerprint density at radius 2 is 2.05 bits per heavy atom. The van der Waals surface area contributed by atoms with Crippen molar-refractivity contribution < 1.29 is 13.9 Å².